The van der Waals surface area contributed by atoms with Gasteiger partial charge in [0, 0.05) is 4.53 Å². The number of rotatable bonds is 0. The Labute approximate surface area is 172 Å². The highest BCUT2D eigenvalue weighted by atomic mass is 32.2. The smallest absolute Gasteiger partial charge is 0.134 e. The fraction of sp³-hybridized carbons (Fsp3) is 0.364. The van der Waals surface area contributed by atoms with Crippen LogP contribution >= 0.6 is 42.7 Å². The molecule has 5 heteroatoms. The molecule has 6 rings (SSSR count). The SMILES string of the molecule is CC1=CC2=c3sc4c(c3=C3C=C(C)S[C@@]3(C)[C@]2(C)S1)[P+](=O)C1C=CC=CC41. The standard InChI is InChI=1S/C22H20OPS3/c1-11-9-14-17-18-19(13-7-5-6-8-16(13)24(18)23)25-20(17)15-10-12(2)27-22(15,4)21(14,3)26-11/h5-10,13,16H,1-4H3/q+1/t13?,16?,21-,22-/m1/s1. The molecule has 1 nitrogen and oxygen atoms in total. The van der Waals surface area contributed by atoms with E-state index in [0.717, 1.165) is 0 Å². The van der Waals surface area contributed by atoms with Crippen molar-refractivity contribution in [2.45, 2.75) is 48.8 Å². The molecule has 0 saturated carbocycles. The fourth-order valence-electron chi connectivity index (χ4n) is 5.33. The van der Waals surface area contributed by atoms with Crippen molar-refractivity contribution in [2.75, 3.05) is 0 Å². The van der Waals surface area contributed by atoms with E-state index in [-0.39, 0.29) is 15.2 Å². The Bertz CT molecular complexity index is 1210. The van der Waals surface area contributed by atoms with Crippen LogP contribution in [0.1, 0.15) is 38.5 Å². The molecule has 0 amide bonds. The van der Waals surface area contributed by atoms with Crippen LogP contribution in [0, 0.1) is 0 Å². The number of hydrogen-bond acceptors (Lipinski definition) is 4. The van der Waals surface area contributed by atoms with Crippen molar-refractivity contribution in [3.63, 3.8) is 0 Å². The third kappa shape index (κ3) is 1.87. The highest BCUT2D eigenvalue weighted by Gasteiger charge is 2.59. The van der Waals surface area contributed by atoms with Gasteiger partial charge in [-0.3, -0.25) is 0 Å². The van der Waals surface area contributed by atoms with Gasteiger partial charge in [0.25, 0.3) is 0 Å². The summed E-state index contributed by atoms with van der Waals surface area (Å²) in [4.78, 5) is 4.11. The van der Waals surface area contributed by atoms with Gasteiger partial charge in [0.15, 0.2) is 5.66 Å². The van der Waals surface area contributed by atoms with Gasteiger partial charge in [0.05, 0.1) is 25.5 Å². The van der Waals surface area contributed by atoms with Gasteiger partial charge < -0.3 is 0 Å². The van der Waals surface area contributed by atoms with Gasteiger partial charge in [0.1, 0.15) is 0 Å². The molecule has 136 valence electrons. The maximum absolute atomic E-state index is 13.6. The van der Waals surface area contributed by atoms with Crippen LogP contribution in [0.3, 0.4) is 0 Å². The van der Waals surface area contributed by atoms with Crippen LogP contribution in [0.15, 0.2) is 46.3 Å². The van der Waals surface area contributed by atoms with E-state index in [4.69, 9.17) is 0 Å². The van der Waals surface area contributed by atoms with E-state index in [1.807, 2.05) is 34.9 Å². The molecule has 0 bridgehead atoms. The molecule has 0 spiro atoms. The van der Waals surface area contributed by atoms with Crippen LogP contribution in [0.2, 0.25) is 0 Å². The average Bonchev–Trinajstić information content (AvgIpc) is 3.31. The number of fused-ring (bicyclic) bond motifs is 8. The quantitative estimate of drug-likeness (QED) is 0.547. The van der Waals surface area contributed by atoms with E-state index < -0.39 is 7.80 Å². The maximum atomic E-state index is 13.6. The van der Waals surface area contributed by atoms with E-state index in [1.54, 1.807) is 0 Å². The van der Waals surface area contributed by atoms with Crippen molar-refractivity contribution < 1.29 is 4.57 Å². The molecule has 1 aromatic heterocycles. The Kier molecular flexibility index (Phi) is 3.30. The number of hydrogen-bond donors (Lipinski definition) is 0. The third-order valence-corrected chi connectivity index (χ3v) is 13.2. The van der Waals surface area contributed by atoms with Crippen LogP contribution in [0.4, 0.5) is 0 Å². The summed E-state index contributed by atoms with van der Waals surface area (Å²) in [6.07, 6.45) is 13.4. The predicted octanol–water partition coefficient (Wildman–Crippen LogP) is 4.93. The number of thiophene rings is 1. The van der Waals surface area contributed by atoms with Crippen LogP contribution in [-0.4, -0.2) is 15.2 Å². The molecule has 1 aromatic rings. The highest BCUT2D eigenvalue weighted by molar-refractivity contribution is 8.09. The topological polar surface area (TPSA) is 17.1 Å². The van der Waals surface area contributed by atoms with E-state index in [2.05, 4.69) is 64.2 Å². The van der Waals surface area contributed by atoms with Crippen molar-refractivity contribution in [3.05, 3.63) is 60.9 Å². The van der Waals surface area contributed by atoms with E-state index >= 15 is 0 Å². The first-order valence-electron chi connectivity index (χ1n) is 9.33. The average molecular weight is 428 g/mol. The lowest BCUT2D eigenvalue weighted by Crippen LogP contribution is -2.54. The summed E-state index contributed by atoms with van der Waals surface area (Å²) in [5.74, 6) is 0.293. The number of allylic oxidation sites excluding steroid dienone is 8. The van der Waals surface area contributed by atoms with Gasteiger partial charge in [-0.25, -0.2) is 0 Å². The second-order valence-electron chi connectivity index (χ2n) is 8.24. The summed E-state index contributed by atoms with van der Waals surface area (Å²) in [7, 11) is -1.40. The fourth-order valence-corrected chi connectivity index (χ4v) is 12.4. The van der Waals surface area contributed by atoms with Gasteiger partial charge in [-0.15, -0.1) is 34.9 Å². The van der Waals surface area contributed by atoms with Crippen molar-refractivity contribution >= 4 is 59.1 Å². The molecule has 27 heavy (non-hydrogen) atoms. The monoisotopic (exact) mass is 427 g/mol. The third-order valence-electron chi connectivity index (χ3n) is 6.69. The first-order chi connectivity index (χ1) is 12.8. The first-order valence-corrected chi connectivity index (χ1v) is 13.1. The summed E-state index contributed by atoms with van der Waals surface area (Å²) in [6, 6.07) is 0. The van der Waals surface area contributed by atoms with Gasteiger partial charge in [-0.2, -0.15) is 0 Å². The highest BCUT2D eigenvalue weighted by Crippen LogP contribution is 2.64. The minimum Gasteiger partial charge on any atom is -0.134 e. The lowest BCUT2D eigenvalue weighted by atomic mass is 9.77. The normalized spacial score (nSPS) is 39.0. The van der Waals surface area contributed by atoms with Crippen molar-refractivity contribution in [1.29, 1.82) is 0 Å². The van der Waals surface area contributed by atoms with Gasteiger partial charge in [-0.05, 0) is 66.9 Å². The van der Waals surface area contributed by atoms with Crippen molar-refractivity contribution in [1.82, 2.24) is 0 Å². The summed E-state index contributed by atoms with van der Waals surface area (Å²) < 4.78 is 15.0. The summed E-state index contributed by atoms with van der Waals surface area (Å²) >= 11 is 5.93. The minimum absolute atomic E-state index is 0.0111. The Morgan fingerprint density at radius 1 is 0.963 bits per heavy atom. The van der Waals surface area contributed by atoms with Gasteiger partial charge in [-0.1, -0.05) is 22.8 Å². The lowest BCUT2D eigenvalue weighted by Gasteiger charge is -2.44. The number of thioether (sulfide) groups is 2. The zero-order chi connectivity index (χ0) is 18.7. The second-order valence-corrected chi connectivity index (χ2v) is 14.3. The molecule has 0 fully saturated rings. The summed E-state index contributed by atoms with van der Waals surface area (Å²) in [5.41, 5.74) is 3.02. The largest absolute Gasteiger partial charge is 0.387 e. The zero-order valence-electron chi connectivity index (χ0n) is 15.7. The van der Waals surface area contributed by atoms with Gasteiger partial charge in [0.2, 0.25) is 5.30 Å². The molecular formula is C22H20OPS3+. The van der Waals surface area contributed by atoms with E-state index in [9.17, 15) is 4.57 Å². The van der Waals surface area contributed by atoms with Crippen LogP contribution in [0.25, 0.3) is 11.1 Å². The minimum atomic E-state index is -1.40. The second kappa shape index (κ2) is 5.21. The molecular weight excluding hydrogens is 407 g/mol. The predicted molar refractivity (Wildman–Crippen MR) is 122 cm³/mol. The Morgan fingerprint density at radius 2 is 1.59 bits per heavy atom. The molecule has 5 aliphatic rings. The first kappa shape index (κ1) is 17.1. The Morgan fingerprint density at radius 3 is 2.33 bits per heavy atom. The molecule has 0 saturated heterocycles. The molecule has 3 aliphatic heterocycles. The molecule has 2 aliphatic carbocycles. The molecule has 0 radical (unpaired) electrons. The Hall–Kier alpha value is -0.800. The molecule has 4 heterocycles. The molecule has 0 N–H and O–H groups in total. The zero-order valence-corrected chi connectivity index (χ0v) is 19.0. The Balaban J connectivity index is 1.81. The molecule has 5 atom stereocenters. The summed E-state index contributed by atoms with van der Waals surface area (Å²) in [6.45, 7) is 9.28. The van der Waals surface area contributed by atoms with Crippen molar-refractivity contribution in [2.24, 2.45) is 0 Å². The van der Waals surface area contributed by atoms with Crippen LogP contribution < -0.4 is 15.1 Å². The van der Waals surface area contributed by atoms with Crippen LogP contribution in [-0.2, 0) is 4.57 Å². The van der Waals surface area contributed by atoms with Crippen molar-refractivity contribution in [3.8, 4) is 0 Å². The molecule has 0 aromatic carbocycles. The van der Waals surface area contributed by atoms with Gasteiger partial charge >= 0.3 is 7.80 Å². The maximum Gasteiger partial charge on any atom is 0.387 e. The van der Waals surface area contributed by atoms with E-state index in [1.165, 1.54) is 40.9 Å². The summed E-state index contributed by atoms with van der Waals surface area (Å²) in [5, 5.41) is 2.49. The van der Waals surface area contributed by atoms with Crippen LogP contribution in [0.5, 0.6) is 0 Å². The lowest BCUT2D eigenvalue weighted by molar-refractivity contribution is 0.588. The van der Waals surface area contributed by atoms with E-state index in [0.29, 0.717) is 5.92 Å². The molecule has 3 unspecified atom stereocenters.